The van der Waals surface area contributed by atoms with Gasteiger partial charge in [0.25, 0.3) is 5.56 Å². The first-order valence-corrected chi connectivity index (χ1v) is 12.6. The fraction of sp³-hybridized carbons (Fsp3) is 0.217. The Labute approximate surface area is 201 Å². The first-order chi connectivity index (χ1) is 16.2. The molecule has 0 bridgehead atoms. The van der Waals surface area contributed by atoms with Crippen LogP contribution in [0.5, 0.6) is 0 Å². The standard InChI is InChI=1S/C23H17ClN4O3S2/c24-16-8-2-1-6-14(16)20-27-26-18(31-20)12-32-23-25-21-19(15-7-3-9-17(15)33-21)22(29)28(23)11-13-5-4-10-30-13/h1-2,4-6,8,10H,3,7,9,11-12H2. The van der Waals surface area contributed by atoms with Crippen molar-refractivity contribution < 1.29 is 8.83 Å². The lowest BCUT2D eigenvalue weighted by Gasteiger charge is -2.10. The van der Waals surface area contributed by atoms with Gasteiger partial charge >= 0.3 is 0 Å². The largest absolute Gasteiger partial charge is 0.467 e. The smallest absolute Gasteiger partial charge is 0.263 e. The summed E-state index contributed by atoms with van der Waals surface area (Å²) in [6, 6.07) is 11.0. The molecule has 33 heavy (non-hydrogen) atoms. The van der Waals surface area contributed by atoms with Crippen LogP contribution in [0.4, 0.5) is 0 Å². The van der Waals surface area contributed by atoms with Gasteiger partial charge in [-0.2, -0.15) is 0 Å². The summed E-state index contributed by atoms with van der Waals surface area (Å²) in [4.78, 5) is 20.5. The van der Waals surface area contributed by atoms with Crippen LogP contribution in [0.15, 0.2) is 61.4 Å². The molecule has 1 aromatic carbocycles. The van der Waals surface area contributed by atoms with E-state index in [2.05, 4.69) is 10.2 Å². The van der Waals surface area contributed by atoms with Crippen LogP contribution in [0.2, 0.25) is 5.02 Å². The summed E-state index contributed by atoms with van der Waals surface area (Å²) in [5, 5.41) is 10.2. The third kappa shape index (κ3) is 3.80. The molecule has 0 fully saturated rings. The monoisotopic (exact) mass is 496 g/mol. The number of furan rings is 1. The topological polar surface area (TPSA) is 87.0 Å². The van der Waals surface area contributed by atoms with E-state index < -0.39 is 0 Å². The number of aromatic nitrogens is 4. The predicted molar refractivity (Wildman–Crippen MR) is 128 cm³/mol. The number of rotatable bonds is 6. The molecule has 1 aliphatic rings. The quantitative estimate of drug-likeness (QED) is 0.224. The lowest BCUT2D eigenvalue weighted by atomic mass is 10.2. The van der Waals surface area contributed by atoms with Crippen LogP contribution in [0.25, 0.3) is 21.7 Å². The second-order valence-electron chi connectivity index (χ2n) is 7.67. The highest BCUT2D eigenvalue weighted by Crippen LogP contribution is 2.36. The molecule has 1 aliphatic carbocycles. The first kappa shape index (κ1) is 20.7. The Hall–Kier alpha value is -2.88. The van der Waals surface area contributed by atoms with E-state index in [9.17, 15) is 4.79 Å². The maximum Gasteiger partial charge on any atom is 0.263 e. The molecular weight excluding hydrogens is 480 g/mol. The molecule has 166 valence electrons. The molecule has 4 aromatic heterocycles. The van der Waals surface area contributed by atoms with Crippen molar-refractivity contribution in [3.63, 3.8) is 0 Å². The number of thiophene rings is 1. The number of aryl methyl sites for hydroxylation is 2. The molecular formula is C23H17ClN4O3S2. The van der Waals surface area contributed by atoms with Gasteiger partial charge in [0.2, 0.25) is 11.8 Å². The fourth-order valence-electron chi connectivity index (χ4n) is 4.05. The zero-order valence-electron chi connectivity index (χ0n) is 17.3. The van der Waals surface area contributed by atoms with Crippen LogP contribution in [0.1, 0.15) is 28.5 Å². The van der Waals surface area contributed by atoms with E-state index in [1.54, 1.807) is 28.2 Å². The van der Waals surface area contributed by atoms with E-state index >= 15 is 0 Å². The highest BCUT2D eigenvalue weighted by Gasteiger charge is 2.24. The van der Waals surface area contributed by atoms with E-state index in [0.29, 0.717) is 45.6 Å². The van der Waals surface area contributed by atoms with Gasteiger partial charge in [-0.15, -0.1) is 21.5 Å². The normalized spacial score (nSPS) is 13.1. The summed E-state index contributed by atoms with van der Waals surface area (Å²) in [5.74, 6) is 1.87. The molecule has 0 saturated carbocycles. The molecule has 0 aliphatic heterocycles. The zero-order valence-corrected chi connectivity index (χ0v) is 19.7. The van der Waals surface area contributed by atoms with Crippen LogP contribution in [-0.2, 0) is 25.1 Å². The van der Waals surface area contributed by atoms with Gasteiger partial charge in [0.1, 0.15) is 10.6 Å². The predicted octanol–water partition coefficient (Wildman–Crippen LogP) is 5.58. The van der Waals surface area contributed by atoms with Crippen LogP contribution in [-0.4, -0.2) is 19.7 Å². The average Bonchev–Trinajstić information content (AvgIpc) is 3.60. The molecule has 10 heteroatoms. The summed E-state index contributed by atoms with van der Waals surface area (Å²) < 4.78 is 13.0. The zero-order chi connectivity index (χ0) is 22.4. The van der Waals surface area contributed by atoms with Crippen molar-refractivity contribution in [3.05, 3.63) is 80.1 Å². The third-order valence-corrected chi connectivity index (χ3v) is 8.06. The first-order valence-electron chi connectivity index (χ1n) is 10.4. The molecule has 0 atom stereocenters. The maximum atomic E-state index is 13.5. The second-order valence-corrected chi connectivity index (χ2v) is 10.1. The van der Waals surface area contributed by atoms with Gasteiger partial charge in [-0.3, -0.25) is 9.36 Å². The van der Waals surface area contributed by atoms with Gasteiger partial charge in [0.05, 0.1) is 34.5 Å². The van der Waals surface area contributed by atoms with Crippen LogP contribution in [0.3, 0.4) is 0 Å². The van der Waals surface area contributed by atoms with Crippen molar-refractivity contribution in [1.82, 2.24) is 19.7 Å². The number of benzene rings is 1. The molecule has 7 nitrogen and oxygen atoms in total. The average molecular weight is 497 g/mol. The van der Waals surface area contributed by atoms with Crippen molar-refractivity contribution in [2.45, 2.75) is 36.7 Å². The Morgan fingerprint density at radius 2 is 2.06 bits per heavy atom. The van der Waals surface area contributed by atoms with E-state index in [4.69, 9.17) is 25.4 Å². The number of nitrogens with zero attached hydrogens (tertiary/aromatic N) is 4. The molecule has 0 radical (unpaired) electrons. The highest BCUT2D eigenvalue weighted by atomic mass is 35.5. The summed E-state index contributed by atoms with van der Waals surface area (Å²) in [7, 11) is 0. The summed E-state index contributed by atoms with van der Waals surface area (Å²) >= 11 is 9.27. The minimum Gasteiger partial charge on any atom is -0.467 e. The lowest BCUT2D eigenvalue weighted by molar-refractivity contribution is 0.476. The second kappa shape index (κ2) is 8.48. The Bertz CT molecular complexity index is 1520. The van der Waals surface area contributed by atoms with E-state index in [1.807, 2.05) is 30.3 Å². The van der Waals surface area contributed by atoms with E-state index in [1.165, 1.54) is 22.2 Å². The van der Waals surface area contributed by atoms with Gasteiger partial charge < -0.3 is 8.83 Å². The van der Waals surface area contributed by atoms with Crippen molar-refractivity contribution in [1.29, 1.82) is 0 Å². The number of halogens is 1. The lowest BCUT2D eigenvalue weighted by Crippen LogP contribution is -2.24. The minimum absolute atomic E-state index is 0.0272. The van der Waals surface area contributed by atoms with Crippen molar-refractivity contribution in [2.24, 2.45) is 0 Å². The molecule has 6 rings (SSSR count). The van der Waals surface area contributed by atoms with Gasteiger partial charge in [0, 0.05) is 4.88 Å². The maximum absolute atomic E-state index is 13.5. The number of fused-ring (bicyclic) bond motifs is 3. The molecule has 0 amide bonds. The number of thioether (sulfide) groups is 1. The molecule has 5 aromatic rings. The summed E-state index contributed by atoms with van der Waals surface area (Å²) in [6.07, 6.45) is 4.65. The van der Waals surface area contributed by atoms with Crippen molar-refractivity contribution in [2.75, 3.05) is 0 Å². The SMILES string of the molecule is O=c1c2c3c(sc2nc(SCc2nnc(-c4ccccc4Cl)o2)n1Cc1ccco1)CCC3. The molecule has 0 unspecified atom stereocenters. The van der Waals surface area contributed by atoms with Crippen LogP contribution >= 0.6 is 34.7 Å². The summed E-state index contributed by atoms with van der Waals surface area (Å²) in [5.41, 5.74) is 1.82. The number of hydrogen-bond donors (Lipinski definition) is 0. The fourth-order valence-corrected chi connectivity index (χ4v) is 6.40. The minimum atomic E-state index is -0.0272. The van der Waals surface area contributed by atoms with Gasteiger partial charge in [-0.25, -0.2) is 4.98 Å². The Balaban J connectivity index is 1.35. The molecule has 0 N–H and O–H groups in total. The third-order valence-electron chi connectivity index (χ3n) is 5.58. The van der Waals surface area contributed by atoms with Crippen molar-refractivity contribution in [3.8, 4) is 11.5 Å². The van der Waals surface area contributed by atoms with Gasteiger partial charge in [0.15, 0.2) is 5.16 Å². The van der Waals surface area contributed by atoms with E-state index in [0.717, 1.165) is 29.5 Å². The van der Waals surface area contributed by atoms with Crippen LogP contribution < -0.4 is 5.56 Å². The van der Waals surface area contributed by atoms with E-state index in [-0.39, 0.29) is 5.56 Å². The Morgan fingerprint density at radius 1 is 1.15 bits per heavy atom. The number of hydrogen-bond acceptors (Lipinski definition) is 8. The van der Waals surface area contributed by atoms with Gasteiger partial charge in [-0.1, -0.05) is 35.5 Å². The Kier molecular flexibility index (Phi) is 5.32. The highest BCUT2D eigenvalue weighted by molar-refractivity contribution is 7.98. The molecule has 4 heterocycles. The van der Waals surface area contributed by atoms with Crippen LogP contribution in [0, 0.1) is 0 Å². The molecule has 0 saturated heterocycles. The Morgan fingerprint density at radius 3 is 2.91 bits per heavy atom. The summed E-state index contributed by atoms with van der Waals surface area (Å²) in [6.45, 7) is 0.316. The van der Waals surface area contributed by atoms with Crippen molar-refractivity contribution >= 4 is 44.9 Å². The molecule has 0 spiro atoms. The van der Waals surface area contributed by atoms with Gasteiger partial charge in [-0.05, 0) is 49.1 Å².